The third-order valence-electron chi connectivity index (χ3n) is 8.57. The van der Waals surface area contributed by atoms with E-state index in [9.17, 15) is 9.59 Å². The van der Waals surface area contributed by atoms with Crippen LogP contribution in [0.5, 0.6) is 0 Å². The quantitative estimate of drug-likeness (QED) is 0.245. The van der Waals surface area contributed by atoms with Gasteiger partial charge in [0.2, 0.25) is 11.4 Å². The fourth-order valence-electron chi connectivity index (χ4n) is 6.35. The lowest BCUT2D eigenvalue weighted by Crippen LogP contribution is -2.35. The van der Waals surface area contributed by atoms with E-state index in [1.165, 1.54) is 56.3 Å². The van der Waals surface area contributed by atoms with E-state index in [2.05, 4.69) is 40.2 Å². The minimum atomic E-state index is -0.633. The Kier molecular flexibility index (Phi) is 7.80. The Balaban J connectivity index is 1.22. The average molecular weight is 553 g/mol. The SMILES string of the molecule is CCc1ccc(-n2cc(C(=O)NOC)c(=O)c3cnc(Nc4ccc(CCNC5CC6CCC5C6)cc4)nc32)cc1. The van der Waals surface area contributed by atoms with Crippen LogP contribution in [-0.4, -0.2) is 40.1 Å². The van der Waals surface area contributed by atoms with E-state index in [4.69, 9.17) is 9.82 Å². The van der Waals surface area contributed by atoms with Crippen molar-refractivity contribution in [2.75, 3.05) is 19.0 Å². The standard InChI is InChI=1S/C32H36N6O3/c1-3-20-7-12-25(13-8-20)38-19-27(31(40)37-41-2)29(39)26-18-34-32(36-30(26)38)35-24-10-5-21(6-11-24)14-15-33-28-17-22-4-9-23(28)16-22/h5-8,10-13,18-19,22-23,28,33H,3-4,9,14-17H2,1-2H3,(H,37,40)(H,34,35,36). The number of aromatic nitrogens is 3. The van der Waals surface area contributed by atoms with Crippen molar-refractivity contribution in [2.24, 2.45) is 11.8 Å². The number of carbonyl (C=O) groups excluding carboxylic acids is 1. The zero-order chi connectivity index (χ0) is 28.3. The number of anilines is 2. The number of nitrogens with one attached hydrogen (secondary N) is 3. The molecule has 0 spiro atoms. The zero-order valence-corrected chi connectivity index (χ0v) is 23.5. The van der Waals surface area contributed by atoms with Crippen molar-refractivity contribution in [3.05, 3.63) is 87.8 Å². The molecule has 0 saturated heterocycles. The molecule has 2 fully saturated rings. The number of pyridine rings is 1. The number of aryl methyl sites for hydroxylation is 1. The Morgan fingerprint density at radius 3 is 2.51 bits per heavy atom. The molecule has 2 aliphatic rings. The summed E-state index contributed by atoms with van der Waals surface area (Å²) in [7, 11) is 1.32. The lowest BCUT2D eigenvalue weighted by molar-refractivity contribution is 0.0536. The first kappa shape index (κ1) is 27.1. The van der Waals surface area contributed by atoms with Crippen LogP contribution in [0.1, 0.15) is 54.1 Å². The number of hydrogen-bond donors (Lipinski definition) is 3. The molecule has 3 N–H and O–H groups in total. The van der Waals surface area contributed by atoms with E-state index >= 15 is 0 Å². The van der Waals surface area contributed by atoms with Gasteiger partial charge in [0.05, 0.1) is 12.5 Å². The van der Waals surface area contributed by atoms with E-state index in [0.29, 0.717) is 17.6 Å². The summed E-state index contributed by atoms with van der Waals surface area (Å²) in [6, 6.07) is 16.9. The lowest BCUT2D eigenvalue weighted by atomic mass is 9.95. The molecule has 2 aromatic heterocycles. The summed E-state index contributed by atoms with van der Waals surface area (Å²) >= 11 is 0. The Bertz CT molecular complexity index is 1600. The molecule has 2 aromatic carbocycles. The molecule has 9 nitrogen and oxygen atoms in total. The maximum Gasteiger partial charge on any atom is 0.280 e. The highest BCUT2D eigenvalue weighted by Gasteiger charge is 2.38. The Morgan fingerprint density at radius 2 is 1.83 bits per heavy atom. The highest BCUT2D eigenvalue weighted by Crippen LogP contribution is 2.44. The second kappa shape index (κ2) is 11.8. The number of fused-ring (bicyclic) bond motifs is 3. The van der Waals surface area contributed by atoms with Crippen LogP contribution in [-0.2, 0) is 17.7 Å². The van der Waals surface area contributed by atoms with Crippen molar-refractivity contribution in [2.45, 2.75) is 51.5 Å². The van der Waals surface area contributed by atoms with Crippen LogP contribution in [0.4, 0.5) is 11.6 Å². The van der Waals surface area contributed by atoms with Crippen molar-refractivity contribution < 1.29 is 9.63 Å². The summed E-state index contributed by atoms with van der Waals surface area (Å²) in [6.45, 7) is 3.08. The molecule has 2 aliphatic carbocycles. The van der Waals surface area contributed by atoms with Gasteiger partial charge in [0.1, 0.15) is 5.56 Å². The molecule has 6 rings (SSSR count). The van der Waals surface area contributed by atoms with Crippen molar-refractivity contribution in [3.8, 4) is 5.69 Å². The molecule has 41 heavy (non-hydrogen) atoms. The fourth-order valence-corrected chi connectivity index (χ4v) is 6.35. The fraction of sp³-hybridized carbons (Fsp3) is 0.375. The van der Waals surface area contributed by atoms with Crippen LogP contribution < -0.4 is 21.5 Å². The van der Waals surface area contributed by atoms with Gasteiger partial charge < -0.3 is 15.2 Å². The molecule has 3 atom stereocenters. The van der Waals surface area contributed by atoms with Gasteiger partial charge in [-0.25, -0.2) is 10.5 Å². The van der Waals surface area contributed by atoms with Gasteiger partial charge in [-0.2, -0.15) is 4.98 Å². The summed E-state index contributed by atoms with van der Waals surface area (Å²) in [4.78, 5) is 39.6. The molecule has 4 aromatic rings. The van der Waals surface area contributed by atoms with Crippen molar-refractivity contribution in [1.82, 2.24) is 25.3 Å². The minimum Gasteiger partial charge on any atom is -0.324 e. The van der Waals surface area contributed by atoms with Gasteiger partial charge in [0, 0.05) is 29.8 Å². The Morgan fingerprint density at radius 1 is 1.05 bits per heavy atom. The molecule has 2 heterocycles. The Hall–Kier alpha value is -4.08. The van der Waals surface area contributed by atoms with Gasteiger partial charge in [-0.3, -0.25) is 14.4 Å². The first-order valence-corrected chi connectivity index (χ1v) is 14.5. The highest BCUT2D eigenvalue weighted by molar-refractivity contribution is 5.96. The molecule has 0 aliphatic heterocycles. The number of nitrogens with zero attached hydrogens (tertiary/aromatic N) is 3. The summed E-state index contributed by atoms with van der Waals surface area (Å²) in [5.74, 6) is 1.56. The molecule has 1 amide bonds. The normalized spacial score (nSPS) is 19.5. The second-order valence-corrected chi connectivity index (χ2v) is 11.1. The summed E-state index contributed by atoms with van der Waals surface area (Å²) in [6.07, 6.45) is 10.4. The maximum absolute atomic E-state index is 13.2. The molecule has 2 bridgehead atoms. The number of hydroxylamine groups is 1. The van der Waals surface area contributed by atoms with E-state index in [1.807, 2.05) is 36.4 Å². The third kappa shape index (κ3) is 5.73. The van der Waals surface area contributed by atoms with Gasteiger partial charge in [0.25, 0.3) is 5.91 Å². The van der Waals surface area contributed by atoms with Crippen LogP contribution in [0, 0.1) is 11.8 Å². The van der Waals surface area contributed by atoms with Crippen molar-refractivity contribution in [1.29, 1.82) is 0 Å². The van der Waals surface area contributed by atoms with Gasteiger partial charge in [0.15, 0.2) is 5.65 Å². The van der Waals surface area contributed by atoms with E-state index in [-0.39, 0.29) is 10.9 Å². The predicted octanol–water partition coefficient (Wildman–Crippen LogP) is 4.70. The molecule has 212 valence electrons. The second-order valence-electron chi connectivity index (χ2n) is 11.1. The van der Waals surface area contributed by atoms with Crippen molar-refractivity contribution in [3.63, 3.8) is 0 Å². The molecule has 2 saturated carbocycles. The molecule has 9 heteroatoms. The minimum absolute atomic E-state index is 0.0614. The smallest absolute Gasteiger partial charge is 0.280 e. The van der Waals surface area contributed by atoms with Crippen LogP contribution in [0.3, 0.4) is 0 Å². The number of amides is 1. The average Bonchev–Trinajstić information content (AvgIpc) is 3.62. The lowest BCUT2D eigenvalue weighted by Gasteiger charge is -2.23. The van der Waals surface area contributed by atoms with E-state index in [0.717, 1.165) is 42.6 Å². The van der Waals surface area contributed by atoms with Gasteiger partial charge in [-0.1, -0.05) is 37.6 Å². The maximum atomic E-state index is 13.2. The first-order valence-electron chi connectivity index (χ1n) is 14.5. The van der Waals surface area contributed by atoms with Crippen LogP contribution in [0.2, 0.25) is 0 Å². The van der Waals surface area contributed by atoms with Crippen molar-refractivity contribution >= 4 is 28.6 Å². The summed E-state index contributed by atoms with van der Waals surface area (Å²) in [5.41, 5.74) is 6.18. The summed E-state index contributed by atoms with van der Waals surface area (Å²) in [5, 5.41) is 7.28. The van der Waals surface area contributed by atoms with Crippen LogP contribution >= 0.6 is 0 Å². The first-order chi connectivity index (χ1) is 20.0. The third-order valence-corrected chi connectivity index (χ3v) is 8.57. The number of rotatable bonds is 10. The van der Waals surface area contributed by atoms with Crippen LogP contribution in [0.25, 0.3) is 16.7 Å². The Labute approximate surface area is 239 Å². The topological polar surface area (TPSA) is 110 Å². The largest absolute Gasteiger partial charge is 0.324 e. The van der Waals surface area contributed by atoms with Gasteiger partial charge in [-0.05, 0) is 85.9 Å². The highest BCUT2D eigenvalue weighted by atomic mass is 16.6. The van der Waals surface area contributed by atoms with Gasteiger partial charge in [-0.15, -0.1) is 0 Å². The number of carbonyl (C=O) groups is 1. The van der Waals surface area contributed by atoms with E-state index in [1.54, 1.807) is 4.57 Å². The molecular formula is C32H36N6O3. The molecule has 3 unspecified atom stereocenters. The predicted molar refractivity (Wildman–Crippen MR) is 160 cm³/mol. The molecular weight excluding hydrogens is 516 g/mol. The zero-order valence-electron chi connectivity index (χ0n) is 23.5. The number of hydrogen-bond acceptors (Lipinski definition) is 7. The van der Waals surface area contributed by atoms with Gasteiger partial charge >= 0.3 is 0 Å². The summed E-state index contributed by atoms with van der Waals surface area (Å²) < 4.78 is 1.74. The monoisotopic (exact) mass is 552 g/mol. The van der Waals surface area contributed by atoms with Crippen LogP contribution in [0.15, 0.2) is 65.7 Å². The van der Waals surface area contributed by atoms with E-state index < -0.39 is 11.3 Å². The molecule has 0 radical (unpaired) electrons. The number of benzene rings is 2.